The van der Waals surface area contributed by atoms with Crippen LogP contribution >= 0.6 is 0 Å². The van der Waals surface area contributed by atoms with Crippen LogP contribution < -0.4 is 4.74 Å². The summed E-state index contributed by atoms with van der Waals surface area (Å²) in [5.74, 6) is 0.370. The van der Waals surface area contributed by atoms with Crippen molar-refractivity contribution in [2.75, 3.05) is 7.11 Å². The van der Waals surface area contributed by atoms with E-state index in [0.717, 1.165) is 5.56 Å². The zero-order valence-electron chi connectivity index (χ0n) is 13.2. The summed E-state index contributed by atoms with van der Waals surface area (Å²) in [5.41, 5.74) is 1.18. The Morgan fingerprint density at radius 1 is 1.04 bits per heavy atom. The van der Waals surface area contributed by atoms with Crippen molar-refractivity contribution in [2.24, 2.45) is 0 Å². The molecule has 0 amide bonds. The summed E-state index contributed by atoms with van der Waals surface area (Å²) in [6, 6.07) is 15.8. The zero-order valence-corrected chi connectivity index (χ0v) is 13.2. The van der Waals surface area contributed by atoms with E-state index in [2.05, 4.69) is 0 Å². The highest BCUT2D eigenvalue weighted by Crippen LogP contribution is 2.31. The summed E-state index contributed by atoms with van der Waals surface area (Å²) in [6.07, 6.45) is -2.77. The fourth-order valence-corrected chi connectivity index (χ4v) is 2.46. The van der Waals surface area contributed by atoms with Crippen LogP contribution in [0.1, 0.15) is 30.4 Å². The van der Waals surface area contributed by atoms with E-state index in [0.29, 0.717) is 11.3 Å². The molecule has 2 rings (SSSR count). The molecule has 0 aromatic heterocycles. The Labute approximate surface area is 135 Å². The molecule has 1 N–H and O–H groups in total. The third-order valence-corrected chi connectivity index (χ3v) is 3.98. The Hall–Kier alpha value is -2.20. The number of hydrogen-bond donors (Lipinski definition) is 1. The fraction of sp³-hybridized carbons (Fsp3) is 0.263. The van der Waals surface area contributed by atoms with Gasteiger partial charge in [0, 0.05) is 17.9 Å². The van der Waals surface area contributed by atoms with E-state index in [1.165, 1.54) is 7.11 Å². The number of aliphatic hydroxyl groups is 1. The largest absolute Gasteiger partial charge is 0.497 e. The van der Waals surface area contributed by atoms with Gasteiger partial charge in [0.2, 0.25) is 0 Å². The van der Waals surface area contributed by atoms with E-state index in [9.17, 15) is 13.9 Å². The molecule has 122 valence electrons. The molecule has 0 aliphatic heterocycles. The minimum atomic E-state index is -1.77. The van der Waals surface area contributed by atoms with Crippen LogP contribution in [0, 0.1) is 0 Å². The molecule has 2 unspecified atom stereocenters. The lowest BCUT2D eigenvalue weighted by atomic mass is 9.89. The molecule has 2 aromatic carbocycles. The lowest BCUT2D eigenvalue weighted by molar-refractivity contribution is 0.153. The molecule has 2 aromatic rings. The van der Waals surface area contributed by atoms with Crippen LogP contribution in [0.5, 0.6) is 5.75 Å². The van der Waals surface area contributed by atoms with E-state index in [-0.39, 0.29) is 17.9 Å². The van der Waals surface area contributed by atoms with Crippen molar-refractivity contribution in [3.8, 4) is 5.75 Å². The van der Waals surface area contributed by atoms with Gasteiger partial charge >= 0.3 is 0 Å². The lowest BCUT2D eigenvalue weighted by Gasteiger charge is -2.20. The molecule has 0 aliphatic carbocycles. The summed E-state index contributed by atoms with van der Waals surface area (Å²) in [5, 5.41) is 10.4. The van der Waals surface area contributed by atoms with Gasteiger partial charge in [0.25, 0.3) is 6.08 Å². The molecule has 23 heavy (non-hydrogen) atoms. The quantitative estimate of drug-likeness (QED) is 0.824. The first kappa shape index (κ1) is 17.2. The average Bonchev–Trinajstić information content (AvgIpc) is 2.59. The van der Waals surface area contributed by atoms with Crippen molar-refractivity contribution in [2.45, 2.75) is 25.4 Å². The molecule has 2 nitrogen and oxygen atoms in total. The zero-order chi connectivity index (χ0) is 16.8. The van der Waals surface area contributed by atoms with Gasteiger partial charge < -0.3 is 9.84 Å². The molecule has 0 heterocycles. The van der Waals surface area contributed by atoms with Crippen molar-refractivity contribution in [3.05, 3.63) is 71.8 Å². The number of hydrogen-bond acceptors (Lipinski definition) is 2. The molecular formula is C19H20F2O2. The van der Waals surface area contributed by atoms with Crippen molar-refractivity contribution < 1.29 is 18.6 Å². The van der Waals surface area contributed by atoms with Crippen LogP contribution in [0.25, 0.3) is 5.57 Å². The molecule has 0 spiro atoms. The minimum Gasteiger partial charge on any atom is -0.497 e. The van der Waals surface area contributed by atoms with Gasteiger partial charge in [0.15, 0.2) is 0 Å². The predicted octanol–water partition coefficient (Wildman–Crippen LogP) is 4.86. The Morgan fingerprint density at radius 2 is 1.65 bits per heavy atom. The summed E-state index contributed by atoms with van der Waals surface area (Å²) < 4.78 is 31.7. The molecule has 0 fully saturated rings. The monoisotopic (exact) mass is 318 g/mol. The topological polar surface area (TPSA) is 29.5 Å². The molecule has 0 bridgehead atoms. The van der Waals surface area contributed by atoms with Gasteiger partial charge in [0.05, 0.1) is 13.2 Å². The van der Waals surface area contributed by atoms with Gasteiger partial charge in [-0.15, -0.1) is 0 Å². The van der Waals surface area contributed by atoms with Crippen molar-refractivity contribution in [1.29, 1.82) is 0 Å². The molecule has 0 radical (unpaired) electrons. The number of rotatable bonds is 6. The normalized spacial score (nSPS) is 13.3. The Bertz CT molecular complexity index is 647. The van der Waals surface area contributed by atoms with Gasteiger partial charge in [-0.25, -0.2) is 0 Å². The molecule has 2 atom stereocenters. The molecule has 0 saturated carbocycles. The van der Waals surface area contributed by atoms with E-state index in [1.807, 2.05) is 37.3 Å². The highest BCUT2D eigenvalue weighted by Gasteiger charge is 2.21. The van der Waals surface area contributed by atoms with Crippen LogP contribution in [0.4, 0.5) is 8.78 Å². The number of halogens is 2. The predicted molar refractivity (Wildman–Crippen MR) is 87.6 cm³/mol. The second kappa shape index (κ2) is 7.88. The Balaban J connectivity index is 2.18. The van der Waals surface area contributed by atoms with E-state index >= 15 is 0 Å². The maximum atomic E-state index is 13.3. The second-order valence-corrected chi connectivity index (χ2v) is 5.44. The average molecular weight is 318 g/mol. The van der Waals surface area contributed by atoms with Gasteiger partial charge in [-0.3, -0.25) is 0 Å². The number of ether oxygens (including phenoxy) is 1. The van der Waals surface area contributed by atoms with Gasteiger partial charge in [0.1, 0.15) is 5.75 Å². The van der Waals surface area contributed by atoms with Gasteiger partial charge in [-0.05, 0) is 23.3 Å². The third kappa shape index (κ3) is 4.39. The number of methoxy groups -OCH3 is 1. The summed E-state index contributed by atoms with van der Waals surface area (Å²) in [6.45, 7) is 1.84. The highest BCUT2D eigenvalue weighted by molar-refractivity contribution is 5.67. The van der Waals surface area contributed by atoms with Crippen LogP contribution in [0.3, 0.4) is 0 Å². The van der Waals surface area contributed by atoms with Crippen molar-refractivity contribution >= 4 is 5.57 Å². The first-order valence-corrected chi connectivity index (χ1v) is 7.44. The first-order chi connectivity index (χ1) is 11.0. The van der Waals surface area contributed by atoms with Gasteiger partial charge in [-0.1, -0.05) is 49.4 Å². The summed E-state index contributed by atoms with van der Waals surface area (Å²) >= 11 is 0. The van der Waals surface area contributed by atoms with E-state index in [4.69, 9.17) is 4.74 Å². The van der Waals surface area contributed by atoms with Crippen LogP contribution in [0.2, 0.25) is 0 Å². The highest BCUT2D eigenvalue weighted by atomic mass is 19.3. The lowest BCUT2D eigenvalue weighted by Crippen LogP contribution is -2.16. The standard InChI is InChI=1S/C19H20F2O2/c1-13(14-6-4-3-5-7-14)18(22)12-17(19(20)21)15-8-10-16(23-2)11-9-15/h3-11,13,18,22H,12H2,1-2H3. The van der Waals surface area contributed by atoms with E-state index < -0.39 is 12.2 Å². The first-order valence-electron chi connectivity index (χ1n) is 7.44. The molecule has 4 heteroatoms. The Morgan fingerprint density at radius 3 is 2.17 bits per heavy atom. The van der Waals surface area contributed by atoms with Gasteiger partial charge in [-0.2, -0.15) is 8.78 Å². The maximum absolute atomic E-state index is 13.3. The van der Waals surface area contributed by atoms with Crippen LogP contribution in [-0.2, 0) is 0 Å². The second-order valence-electron chi connectivity index (χ2n) is 5.44. The summed E-state index contributed by atoms with van der Waals surface area (Å²) in [7, 11) is 1.52. The molecule has 0 saturated heterocycles. The summed E-state index contributed by atoms with van der Waals surface area (Å²) in [4.78, 5) is 0. The van der Waals surface area contributed by atoms with Crippen LogP contribution in [0.15, 0.2) is 60.7 Å². The Kier molecular flexibility index (Phi) is 5.88. The van der Waals surface area contributed by atoms with Crippen molar-refractivity contribution in [3.63, 3.8) is 0 Å². The van der Waals surface area contributed by atoms with Crippen molar-refractivity contribution in [1.82, 2.24) is 0 Å². The minimum absolute atomic E-state index is 0.106. The third-order valence-electron chi connectivity index (χ3n) is 3.98. The van der Waals surface area contributed by atoms with Crippen LogP contribution in [-0.4, -0.2) is 18.3 Å². The maximum Gasteiger partial charge on any atom is 0.274 e. The smallest absolute Gasteiger partial charge is 0.274 e. The molecular weight excluding hydrogens is 298 g/mol. The fourth-order valence-electron chi connectivity index (χ4n) is 2.46. The molecule has 0 aliphatic rings. The number of benzene rings is 2. The number of aliphatic hydroxyl groups excluding tert-OH is 1. The SMILES string of the molecule is COc1ccc(C(CC(O)C(C)c2ccccc2)=C(F)F)cc1. The van der Waals surface area contributed by atoms with E-state index in [1.54, 1.807) is 24.3 Å².